The smallest absolute Gasteiger partial charge is 0.290 e. The van der Waals surface area contributed by atoms with Gasteiger partial charge in [0.2, 0.25) is 0 Å². The summed E-state index contributed by atoms with van der Waals surface area (Å²) in [5.74, 6) is 4.35. The number of para-hydroxylation sites is 1. The molecule has 1 rings (SSSR count). The lowest BCUT2D eigenvalue weighted by Gasteiger charge is -1.85. The van der Waals surface area contributed by atoms with Crippen LogP contribution in [0.4, 0.5) is 5.69 Å². The monoisotopic (exact) mass is 216 g/mol. The van der Waals surface area contributed by atoms with Crippen LogP contribution >= 0.6 is 0 Å². The fourth-order valence-electron chi connectivity index (χ4n) is 0.550. The van der Waals surface area contributed by atoms with Gasteiger partial charge in [0.15, 0.2) is 0 Å². The average molecular weight is 216 g/mol. The summed E-state index contributed by atoms with van der Waals surface area (Å²) < 4.78 is 0. The number of nitrogens with zero attached hydrogens (tertiary/aromatic N) is 1. The molecule has 0 heterocycles. The molecule has 0 aliphatic carbocycles. The second-order valence-corrected chi connectivity index (χ2v) is 1.93. The minimum atomic E-state index is -0.417. The predicted octanol–water partition coefficient (Wildman–Crippen LogP) is 0.802. The number of rotatable bonds is 1. The highest BCUT2D eigenvalue weighted by atomic mass is 16.6. The number of hydrogen-bond donors (Lipinski definition) is 2. The first-order chi connectivity index (χ1) is 7.13. The van der Waals surface area contributed by atoms with Gasteiger partial charge in [0, 0.05) is 12.1 Å². The van der Waals surface area contributed by atoms with E-state index in [0.29, 0.717) is 0 Å². The van der Waals surface area contributed by atoms with Crippen LogP contribution in [0.2, 0.25) is 0 Å². The van der Waals surface area contributed by atoms with Gasteiger partial charge in [-0.25, -0.2) is 5.90 Å². The zero-order valence-corrected chi connectivity index (χ0v) is 8.07. The van der Waals surface area contributed by atoms with Crippen LogP contribution in [0.25, 0.3) is 0 Å². The maximum atomic E-state index is 10.0. The molecular weight excluding hydrogens is 204 g/mol. The van der Waals surface area contributed by atoms with E-state index in [1.165, 1.54) is 19.2 Å². The van der Waals surface area contributed by atoms with Crippen LogP contribution in [0.1, 0.15) is 0 Å². The molecule has 84 valence electrons. The van der Waals surface area contributed by atoms with Crippen molar-refractivity contribution in [1.82, 2.24) is 0 Å². The zero-order valence-electron chi connectivity index (χ0n) is 8.07. The van der Waals surface area contributed by atoms with Gasteiger partial charge in [-0.05, 0) is 0 Å². The number of nitro benzene ring substituents is 1. The average Bonchev–Trinajstić information content (AvgIpc) is 2.21. The van der Waals surface area contributed by atoms with Crippen molar-refractivity contribution in [2.75, 3.05) is 7.11 Å². The number of nitrogens with two attached hydrogens (primary N) is 1. The van der Waals surface area contributed by atoms with Crippen molar-refractivity contribution >= 4 is 12.2 Å². The van der Waals surface area contributed by atoms with Crippen molar-refractivity contribution in [1.29, 1.82) is 0 Å². The summed E-state index contributed by atoms with van der Waals surface area (Å²) in [6, 6.07) is 7.93. The molecular formula is C8H12N2O5. The Balaban J connectivity index is 0. The highest BCUT2D eigenvalue weighted by molar-refractivity contribution is 5.32. The van der Waals surface area contributed by atoms with Crippen LogP contribution in [-0.4, -0.2) is 23.6 Å². The van der Waals surface area contributed by atoms with Gasteiger partial charge < -0.3 is 9.94 Å². The van der Waals surface area contributed by atoms with E-state index >= 15 is 0 Å². The van der Waals surface area contributed by atoms with Gasteiger partial charge in [-0.3, -0.25) is 14.9 Å². The number of carboxylic acid groups (broad SMARTS) is 1. The van der Waals surface area contributed by atoms with E-state index in [4.69, 9.17) is 9.90 Å². The number of non-ortho nitro benzene ring substituents is 1. The van der Waals surface area contributed by atoms with Gasteiger partial charge in [0.05, 0.1) is 12.0 Å². The predicted molar refractivity (Wildman–Crippen MR) is 53.0 cm³/mol. The van der Waals surface area contributed by atoms with Crippen LogP contribution in [-0.2, 0) is 9.63 Å². The molecule has 0 atom stereocenters. The molecule has 0 radical (unpaired) electrons. The fraction of sp³-hybridized carbons (Fsp3) is 0.125. The number of benzene rings is 1. The Morgan fingerprint density at radius 3 is 2.00 bits per heavy atom. The highest BCUT2D eigenvalue weighted by Gasteiger charge is 1.98. The van der Waals surface area contributed by atoms with Crippen LogP contribution in [0.5, 0.6) is 0 Å². The normalized spacial score (nSPS) is 7.33. The molecule has 0 fully saturated rings. The summed E-state index contributed by atoms with van der Waals surface area (Å²) in [5, 5.41) is 16.9. The van der Waals surface area contributed by atoms with Gasteiger partial charge >= 0.3 is 0 Å². The summed E-state index contributed by atoms with van der Waals surface area (Å²) >= 11 is 0. The Bertz CT molecular complexity index is 265. The number of hydrogen-bond acceptors (Lipinski definition) is 5. The summed E-state index contributed by atoms with van der Waals surface area (Å²) in [7, 11) is 1.40. The number of carbonyl (C=O) groups is 1. The van der Waals surface area contributed by atoms with E-state index in [-0.39, 0.29) is 12.2 Å². The van der Waals surface area contributed by atoms with Crippen LogP contribution in [0.3, 0.4) is 0 Å². The van der Waals surface area contributed by atoms with Gasteiger partial charge in [-0.15, -0.1) is 0 Å². The largest absolute Gasteiger partial charge is 0.483 e. The van der Waals surface area contributed by atoms with Crippen molar-refractivity contribution in [2.45, 2.75) is 0 Å². The molecule has 0 spiro atoms. The van der Waals surface area contributed by atoms with E-state index < -0.39 is 4.92 Å². The molecule has 7 heteroatoms. The summed E-state index contributed by atoms with van der Waals surface area (Å²) in [6.07, 6.45) is 0. The van der Waals surface area contributed by atoms with Crippen molar-refractivity contribution in [3.05, 3.63) is 40.4 Å². The molecule has 0 aromatic heterocycles. The zero-order chi connectivity index (χ0) is 12.1. The molecule has 7 nitrogen and oxygen atoms in total. The molecule has 1 aromatic carbocycles. The molecule has 1 aromatic rings. The molecule has 0 bridgehead atoms. The van der Waals surface area contributed by atoms with Gasteiger partial charge in [0.25, 0.3) is 12.2 Å². The summed E-state index contributed by atoms with van der Waals surface area (Å²) in [6.45, 7) is -0.250. The first-order valence-electron chi connectivity index (χ1n) is 3.64. The van der Waals surface area contributed by atoms with Crippen molar-refractivity contribution < 1.29 is 19.7 Å². The molecule has 0 amide bonds. The first-order valence-corrected chi connectivity index (χ1v) is 3.64. The molecule has 0 saturated carbocycles. The first kappa shape index (κ1) is 15.5. The minimum Gasteiger partial charge on any atom is -0.483 e. The van der Waals surface area contributed by atoms with Crippen molar-refractivity contribution in [3.8, 4) is 0 Å². The molecule has 3 N–H and O–H groups in total. The maximum Gasteiger partial charge on any atom is 0.290 e. The third kappa shape index (κ3) is 12.0. The lowest BCUT2D eigenvalue weighted by atomic mass is 10.3. The fourth-order valence-corrected chi connectivity index (χ4v) is 0.550. The Morgan fingerprint density at radius 1 is 1.47 bits per heavy atom. The lowest BCUT2D eigenvalue weighted by Crippen LogP contribution is -1.86. The quantitative estimate of drug-likeness (QED) is 0.407. The van der Waals surface area contributed by atoms with Crippen LogP contribution in [0.15, 0.2) is 30.3 Å². The molecule has 0 aliphatic heterocycles. The standard InChI is InChI=1S/C6H5NO2.CH5NO.CH2O2/c8-7(9)6-4-2-1-3-5-6;1-3-2;2-1-3/h1-5H;2H2,1H3;1H,(H,2,3). The summed E-state index contributed by atoms with van der Waals surface area (Å²) in [5.41, 5.74) is 0.137. The van der Waals surface area contributed by atoms with E-state index in [1.807, 2.05) is 0 Å². The maximum absolute atomic E-state index is 10.0. The SMILES string of the molecule is CON.O=CO.O=[N+]([O-])c1ccccc1. The van der Waals surface area contributed by atoms with Crippen LogP contribution < -0.4 is 5.90 Å². The van der Waals surface area contributed by atoms with E-state index in [0.717, 1.165) is 0 Å². The van der Waals surface area contributed by atoms with Crippen molar-refractivity contribution in [3.63, 3.8) is 0 Å². The second kappa shape index (κ2) is 12.0. The second-order valence-electron chi connectivity index (χ2n) is 1.93. The lowest BCUT2D eigenvalue weighted by molar-refractivity contribution is -0.384. The minimum absolute atomic E-state index is 0.137. The Kier molecular flexibility index (Phi) is 12.4. The van der Waals surface area contributed by atoms with E-state index in [2.05, 4.69) is 10.7 Å². The third-order valence-corrected chi connectivity index (χ3v) is 0.967. The Hall–Kier alpha value is -1.99. The van der Waals surface area contributed by atoms with Crippen molar-refractivity contribution in [2.24, 2.45) is 5.90 Å². The molecule has 15 heavy (non-hydrogen) atoms. The van der Waals surface area contributed by atoms with E-state index in [1.54, 1.807) is 18.2 Å². The van der Waals surface area contributed by atoms with Gasteiger partial charge in [-0.1, -0.05) is 18.2 Å². The number of nitro groups is 1. The third-order valence-electron chi connectivity index (χ3n) is 0.967. The topological polar surface area (TPSA) is 116 Å². The molecule has 0 aliphatic rings. The Morgan fingerprint density at radius 2 is 1.80 bits per heavy atom. The van der Waals surface area contributed by atoms with Gasteiger partial charge in [0.1, 0.15) is 0 Å². The molecule has 0 unspecified atom stereocenters. The van der Waals surface area contributed by atoms with Crippen LogP contribution in [0, 0.1) is 10.1 Å². The Labute approximate surface area is 86.2 Å². The highest BCUT2D eigenvalue weighted by Crippen LogP contribution is 2.06. The molecule has 0 saturated heterocycles. The summed E-state index contributed by atoms with van der Waals surface area (Å²) in [4.78, 5) is 21.7. The van der Waals surface area contributed by atoms with E-state index in [9.17, 15) is 10.1 Å². The van der Waals surface area contributed by atoms with Gasteiger partial charge in [-0.2, -0.15) is 0 Å².